The van der Waals surface area contributed by atoms with Gasteiger partial charge in [0.05, 0.1) is 29.4 Å². The van der Waals surface area contributed by atoms with Crippen LogP contribution in [-0.4, -0.2) is 49.4 Å². The summed E-state index contributed by atoms with van der Waals surface area (Å²) in [6, 6.07) is 9.31. The monoisotopic (exact) mass is 503 g/mol. The number of carbonyl (C=O) groups excluding carboxylic acids is 1. The Morgan fingerprint density at radius 1 is 1.16 bits per heavy atom. The predicted octanol–water partition coefficient (Wildman–Crippen LogP) is 4.46. The summed E-state index contributed by atoms with van der Waals surface area (Å²) in [4.78, 5) is 16.8. The summed E-state index contributed by atoms with van der Waals surface area (Å²) in [5.74, 6) is -2.19. The number of halogens is 2. The molecule has 1 aliphatic carbocycles. The van der Waals surface area contributed by atoms with Crippen LogP contribution in [-0.2, 0) is 10.1 Å². The normalized spacial score (nSPS) is 16.2. The third kappa shape index (κ3) is 4.47. The quantitative estimate of drug-likeness (QED) is 0.297. The van der Waals surface area contributed by atoms with Gasteiger partial charge in [-0.2, -0.15) is 0 Å². The summed E-state index contributed by atoms with van der Waals surface area (Å²) in [6.07, 6.45) is 4.61. The molecule has 1 fully saturated rings. The van der Waals surface area contributed by atoms with Crippen LogP contribution in [0.15, 0.2) is 47.2 Å². The van der Waals surface area contributed by atoms with E-state index in [1.807, 2.05) is 32.2 Å². The number of fused-ring (bicyclic) bond motifs is 1. The minimum atomic E-state index is -2.59. The Balaban J connectivity index is 1.66. The Morgan fingerprint density at radius 2 is 1.84 bits per heavy atom. The van der Waals surface area contributed by atoms with Crippen molar-refractivity contribution >= 4 is 32.7 Å². The second kappa shape index (κ2) is 9.15. The number of nitrogens with zero attached hydrogens (tertiary/aromatic N) is 3. The van der Waals surface area contributed by atoms with Gasteiger partial charge in [-0.25, -0.2) is 13.6 Å². The Kier molecular flexibility index (Phi) is 6.24. The molecule has 10 heteroatoms. The maximum absolute atomic E-state index is 14.0. The number of aryl methyl sites for hydroxylation is 2. The molecule has 0 saturated heterocycles. The Bertz CT molecular complexity index is 1450. The number of benzene rings is 1. The number of pyridine rings is 1. The predicted molar refractivity (Wildman–Crippen MR) is 143 cm³/mol. The minimum absolute atomic E-state index is 0.0833. The molecule has 0 atom stereocenters. The topological polar surface area (TPSA) is 70.2 Å². The van der Waals surface area contributed by atoms with Crippen LogP contribution in [0.2, 0.25) is 0 Å². The zero-order chi connectivity index (χ0) is 26.5. The molecule has 1 aromatic carbocycles. The van der Waals surface area contributed by atoms with E-state index in [2.05, 4.69) is 37.7 Å². The summed E-state index contributed by atoms with van der Waals surface area (Å²) in [7, 11) is 5.59. The van der Waals surface area contributed by atoms with Crippen LogP contribution in [0.1, 0.15) is 47.5 Å². The number of hydrogen-bond donors (Lipinski definition) is 0. The maximum atomic E-state index is 14.0. The molecule has 6 nitrogen and oxygen atoms in total. The minimum Gasteiger partial charge on any atom is -0.465 e. The SMILES string of the molecule is BC(B)(C1CCC(F)(F)CC1)n1cc(-c2ccc(C(=O)OC)cc2)c2ncc(-c3c(C)noc3C)cc21. The van der Waals surface area contributed by atoms with Crippen molar-refractivity contribution in [1.29, 1.82) is 0 Å². The average Bonchev–Trinajstić information content (AvgIpc) is 3.42. The maximum Gasteiger partial charge on any atom is 0.337 e. The van der Waals surface area contributed by atoms with Gasteiger partial charge in [0.25, 0.3) is 0 Å². The van der Waals surface area contributed by atoms with Crippen LogP contribution in [0.4, 0.5) is 8.78 Å². The molecule has 0 radical (unpaired) electrons. The largest absolute Gasteiger partial charge is 0.465 e. The van der Waals surface area contributed by atoms with Gasteiger partial charge in [-0.1, -0.05) is 17.3 Å². The van der Waals surface area contributed by atoms with Crippen LogP contribution < -0.4 is 0 Å². The second-order valence-electron chi connectivity index (χ2n) is 10.6. The van der Waals surface area contributed by atoms with Gasteiger partial charge in [0.1, 0.15) is 21.5 Å². The lowest BCUT2D eigenvalue weighted by Crippen LogP contribution is -2.45. The van der Waals surface area contributed by atoms with Crippen LogP contribution in [0.3, 0.4) is 0 Å². The fourth-order valence-corrected chi connectivity index (χ4v) is 5.67. The zero-order valence-corrected chi connectivity index (χ0v) is 21.8. The highest BCUT2D eigenvalue weighted by atomic mass is 19.3. The molecule has 4 aromatic rings. The van der Waals surface area contributed by atoms with Gasteiger partial charge < -0.3 is 13.8 Å². The lowest BCUT2D eigenvalue weighted by Gasteiger charge is -2.41. The lowest BCUT2D eigenvalue weighted by atomic mass is 9.52. The smallest absolute Gasteiger partial charge is 0.337 e. The van der Waals surface area contributed by atoms with Crippen molar-refractivity contribution in [2.75, 3.05) is 7.11 Å². The highest BCUT2D eigenvalue weighted by molar-refractivity contribution is 6.38. The molecule has 5 rings (SSSR count). The summed E-state index contributed by atoms with van der Waals surface area (Å²) < 4.78 is 40.4. The standard InChI is InChI=1S/C27H29B2F2N3O3/c1-15-23(16(2)37-33-15)19-12-22-24(32-13-19)21(17-4-6-18(7-5-17)25(35)36-3)14-34(22)27(28,29)20-8-10-26(30,31)11-9-20/h4-7,12-14,20H,8-11,28-29H2,1-3H3. The molecule has 190 valence electrons. The van der Waals surface area contributed by atoms with Crippen LogP contribution in [0.25, 0.3) is 33.3 Å². The summed E-state index contributed by atoms with van der Waals surface area (Å²) in [5, 5.41) is 3.66. The Hall–Kier alpha value is -3.42. The van der Waals surface area contributed by atoms with E-state index in [-0.39, 0.29) is 18.8 Å². The molecule has 0 spiro atoms. The molecular weight excluding hydrogens is 474 g/mol. The summed E-state index contributed by atoms with van der Waals surface area (Å²) in [5.41, 5.74) is 6.56. The van der Waals surface area contributed by atoms with Gasteiger partial charge in [0.2, 0.25) is 5.92 Å². The first-order valence-electron chi connectivity index (χ1n) is 12.5. The van der Waals surface area contributed by atoms with Crippen molar-refractivity contribution in [3.05, 3.63) is 59.7 Å². The molecule has 0 amide bonds. The molecule has 0 N–H and O–H groups in total. The van der Waals surface area contributed by atoms with Gasteiger partial charge >= 0.3 is 5.97 Å². The molecule has 0 unspecified atom stereocenters. The average molecular weight is 503 g/mol. The number of methoxy groups -OCH3 is 1. The Morgan fingerprint density at radius 3 is 2.43 bits per heavy atom. The van der Waals surface area contributed by atoms with Crippen LogP contribution >= 0.6 is 0 Å². The van der Waals surface area contributed by atoms with Gasteiger partial charge in [0.15, 0.2) is 0 Å². The number of aromatic nitrogens is 3. The van der Waals surface area contributed by atoms with Crippen molar-refractivity contribution in [3.8, 4) is 22.3 Å². The summed E-state index contributed by atoms with van der Waals surface area (Å²) in [6.45, 7) is 3.77. The van der Waals surface area contributed by atoms with Crippen molar-refractivity contribution in [3.63, 3.8) is 0 Å². The van der Waals surface area contributed by atoms with E-state index >= 15 is 0 Å². The van der Waals surface area contributed by atoms with E-state index in [0.717, 1.165) is 39.0 Å². The number of ether oxygens (including phenoxy) is 1. The molecule has 1 saturated carbocycles. The highest BCUT2D eigenvalue weighted by Gasteiger charge is 2.41. The van der Waals surface area contributed by atoms with Crippen molar-refractivity contribution in [1.82, 2.24) is 14.7 Å². The second-order valence-corrected chi connectivity index (χ2v) is 10.6. The van der Waals surface area contributed by atoms with Gasteiger partial charge in [-0.15, -0.1) is 0 Å². The van der Waals surface area contributed by atoms with Crippen molar-refractivity contribution in [2.45, 2.75) is 50.8 Å². The van der Waals surface area contributed by atoms with E-state index < -0.39 is 17.2 Å². The van der Waals surface area contributed by atoms with Crippen molar-refractivity contribution < 1.29 is 22.8 Å². The van der Waals surface area contributed by atoms with Gasteiger partial charge in [-0.3, -0.25) is 4.98 Å². The molecule has 0 aliphatic heterocycles. The molecule has 3 heterocycles. The van der Waals surface area contributed by atoms with E-state index in [9.17, 15) is 13.6 Å². The zero-order valence-electron chi connectivity index (χ0n) is 21.8. The molecule has 3 aromatic heterocycles. The molecule has 1 aliphatic rings. The number of alkyl halides is 2. The summed E-state index contributed by atoms with van der Waals surface area (Å²) >= 11 is 0. The number of esters is 1. The lowest BCUT2D eigenvalue weighted by molar-refractivity contribution is -0.0498. The molecule has 37 heavy (non-hydrogen) atoms. The first-order valence-corrected chi connectivity index (χ1v) is 12.5. The van der Waals surface area contributed by atoms with E-state index in [0.29, 0.717) is 24.2 Å². The van der Waals surface area contributed by atoms with Crippen LogP contribution in [0, 0.1) is 19.8 Å². The molecule has 0 bridgehead atoms. The van der Waals surface area contributed by atoms with Gasteiger partial charge in [0, 0.05) is 41.9 Å². The van der Waals surface area contributed by atoms with E-state index in [4.69, 9.17) is 14.2 Å². The first kappa shape index (κ1) is 25.2. The first-order chi connectivity index (χ1) is 17.5. The number of rotatable bonds is 5. The fraction of sp³-hybridized carbons (Fsp3) is 0.370. The van der Waals surface area contributed by atoms with Crippen LogP contribution in [0.5, 0.6) is 0 Å². The fourth-order valence-electron chi connectivity index (χ4n) is 5.67. The third-order valence-corrected chi connectivity index (χ3v) is 7.92. The van der Waals surface area contributed by atoms with Crippen molar-refractivity contribution in [2.24, 2.45) is 5.92 Å². The number of carbonyl (C=O) groups is 1. The Labute approximate surface area is 216 Å². The van der Waals surface area contributed by atoms with E-state index in [1.165, 1.54) is 7.11 Å². The highest BCUT2D eigenvalue weighted by Crippen LogP contribution is 2.43. The van der Waals surface area contributed by atoms with Gasteiger partial charge in [-0.05, 0) is 61.7 Å². The number of hydrogen-bond acceptors (Lipinski definition) is 5. The third-order valence-electron chi connectivity index (χ3n) is 7.92. The van der Waals surface area contributed by atoms with E-state index in [1.54, 1.807) is 12.1 Å². The molecular formula is C27H29B2F2N3O3.